The zero-order valence-electron chi connectivity index (χ0n) is 12.7. The van der Waals surface area contributed by atoms with Crippen LogP contribution in [0.1, 0.15) is 6.42 Å². The fraction of sp³-hybridized carbons (Fsp3) is 0.222. The lowest BCUT2D eigenvalue weighted by Gasteiger charge is -2.14. The SMILES string of the molecule is C=CCN1C(=O)C(CCO)SC1=Nc1cccc2ccccc12. The number of amides is 1. The van der Waals surface area contributed by atoms with Crippen LogP contribution in [0.4, 0.5) is 5.69 Å². The molecule has 1 unspecified atom stereocenters. The predicted octanol–water partition coefficient (Wildman–Crippen LogP) is 3.34. The van der Waals surface area contributed by atoms with Gasteiger partial charge in [-0.3, -0.25) is 9.69 Å². The molecule has 1 saturated heterocycles. The van der Waals surface area contributed by atoms with Crippen molar-refractivity contribution in [3.63, 3.8) is 0 Å². The van der Waals surface area contributed by atoms with E-state index in [2.05, 4.69) is 6.58 Å². The second kappa shape index (κ2) is 6.98. The van der Waals surface area contributed by atoms with Crippen LogP contribution in [0.15, 0.2) is 60.1 Å². The maximum Gasteiger partial charge on any atom is 0.242 e. The number of amidine groups is 1. The maximum atomic E-state index is 12.4. The average Bonchev–Trinajstić information content (AvgIpc) is 2.85. The number of hydrogen-bond acceptors (Lipinski definition) is 4. The zero-order valence-corrected chi connectivity index (χ0v) is 13.5. The minimum absolute atomic E-state index is 0.00706. The molecule has 2 aromatic rings. The van der Waals surface area contributed by atoms with E-state index in [-0.39, 0.29) is 17.8 Å². The highest BCUT2D eigenvalue weighted by Crippen LogP contribution is 2.33. The number of aliphatic hydroxyl groups is 1. The van der Waals surface area contributed by atoms with Gasteiger partial charge in [0.2, 0.25) is 5.91 Å². The molecule has 0 aliphatic carbocycles. The number of fused-ring (bicyclic) bond motifs is 1. The molecule has 5 heteroatoms. The fourth-order valence-corrected chi connectivity index (χ4v) is 3.75. The number of carbonyl (C=O) groups is 1. The van der Waals surface area contributed by atoms with Gasteiger partial charge in [-0.2, -0.15) is 0 Å². The van der Waals surface area contributed by atoms with Crippen molar-refractivity contribution >= 4 is 39.3 Å². The Kier molecular flexibility index (Phi) is 4.79. The average molecular weight is 326 g/mol. The molecule has 23 heavy (non-hydrogen) atoms. The molecule has 118 valence electrons. The number of aliphatic imine (C=N–C) groups is 1. The molecule has 1 amide bonds. The van der Waals surface area contributed by atoms with E-state index < -0.39 is 0 Å². The third-order valence-corrected chi connectivity index (χ3v) is 4.95. The summed E-state index contributed by atoms with van der Waals surface area (Å²) in [7, 11) is 0. The van der Waals surface area contributed by atoms with Gasteiger partial charge in [-0.1, -0.05) is 54.2 Å². The van der Waals surface area contributed by atoms with Crippen molar-refractivity contribution in [3.8, 4) is 0 Å². The molecule has 1 heterocycles. The Balaban J connectivity index is 2.01. The summed E-state index contributed by atoms with van der Waals surface area (Å²) in [6.45, 7) is 4.13. The molecular weight excluding hydrogens is 308 g/mol. The van der Waals surface area contributed by atoms with Gasteiger partial charge in [0.1, 0.15) is 0 Å². The summed E-state index contributed by atoms with van der Waals surface area (Å²) in [5.41, 5.74) is 0.845. The Morgan fingerprint density at radius 1 is 1.26 bits per heavy atom. The van der Waals surface area contributed by atoms with E-state index in [9.17, 15) is 4.79 Å². The first-order valence-corrected chi connectivity index (χ1v) is 8.39. The number of thioether (sulfide) groups is 1. The zero-order chi connectivity index (χ0) is 16.2. The van der Waals surface area contributed by atoms with Gasteiger partial charge in [0.25, 0.3) is 0 Å². The molecule has 0 radical (unpaired) electrons. The standard InChI is InChI=1S/C18H18N2O2S/c1-2-11-20-17(22)16(10-12-21)23-18(20)19-15-9-5-7-13-6-3-4-8-14(13)15/h2-9,16,21H,1,10-12H2. The van der Waals surface area contributed by atoms with Crippen LogP contribution < -0.4 is 0 Å². The number of nitrogens with zero attached hydrogens (tertiary/aromatic N) is 2. The van der Waals surface area contributed by atoms with Crippen LogP contribution in [0.5, 0.6) is 0 Å². The third kappa shape index (κ3) is 3.16. The Morgan fingerprint density at radius 3 is 2.83 bits per heavy atom. The molecule has 2 aromatic carbocycles. The van der Waals surface area contributed by atoms with Crippen LogP contribution in [-0.4, -0.2) is 39.5 Å². The summed E-state index contributed by atoms with van der Waals surface area (Å²) in [5.74, 6) is -0.0112. The second-order valence-corrected chi connectivity index (χ2v) is 6.42. The summed E-state index contributed by atoms with van der Waals surface area (Å²) in [4.78, 5) is 18.8. The van der Waals surface area contributed by atoms with Gasteiger partial charge >= 0.3 is 0 Å². The maximum absolute atomic E-state index is 12.4. The largest absolute Gasteiger partial charge is 0.396 e. The van der Waals surface area contributed by atoms with Crippen LogP contribution in [0, 0.1) is 0 Å². The number of carbonyl (C=O) groups excluding carboxylic acids is 1. The molecule has 0 saturated carbocycles. The number of hydrogen-bond donors (Lipinski definition) is 1. The van der Waals surface area contributed by atoms with Crippen LogP contribution in [0.3, 0.4) is 0 Å². The Bertz CT molecular complexity index is 767. The van der Waals surface area contributed by atoms with Crippen molar-refractivity contribution in [2.24, 2.45) is 4.99 Å². The number of rotatable bonds is 5. The predicted molar refractivity (Wildman–Crippen MR) is 96.0 cm³/mol. The van der Waals surface area contributed by atoms with Gasteiger partial charge in [0.15, 0.2) is 5.17 Å². The quantitative estimate of drug-likeness (QED) is 0.858. The van der Waals surface area contributed by atoms with Crippen LogP contribution in [-0.2, 0) is 4.79 Å². The number of aliphatic hydroxyl groups excluding tert-OH is 1. The van der Waals surface area contributed by atoms with E-state index >= 15 is 0 Å². The first kappa shape index (κ1) is 15.8. The smallest absolute Gasteiger partial charge is 0.242 e. The van der Waals surface area contributed by atoms with E-state index in [1.165, 1.54) is 11.8 Å². The molecule has 1 aliphatic rings. The summed E-state index contributed by atoms with van der Waals surface area (Å²) in [5, 5.41) is 11.7. The van der Waals surface area contributed by atoms with Crippen molar-refractivity contribution in [1.82, 2.24) is 4.90 Å². The van der Waals surface area contributed by atoms with Gasteiger partial charge in [-0.05, 0) is 17.9 Å². The Hall–Kier alpha value is -2.11. The molecule has 3 rings (SSSR count). The van der Waals surface area contributed by atoms with Crippen LogP contribution in [0.2, 0.25) is 0 Å². The molecule has 0 bridgehead atoms. The van der Waals surface area contributed by atoms with E-state index in [0.717, 1.165) is 16.5 Å². The van der Waals surface area contributed by atoms with Crippen molar-refractivity contribution < 1.29 is 9.90 Å². The van der Waals surface area contributed by atoms with Crippen molar-refractivity contribution in [2.75, 3.05) is 13.2 Å². The normalized spacial score (nSPS) is 19.7. The minimum atomic E-state index is -0.270. The highest BCUT2D eigenvalue weighted by Gasteiger charge is 2.36. The molecular formula is C18H18N2O2S. The summed E-state index contributed by atoms with van der Waals surface area (Å²) in [6, 6.07) is 14.0. The van der Waals surface area contributed by atoms with Crippen LogP contribution >= 0.6 is 11.8 Å². The first-order chi connectivity index (χ1) is 11.2. The first-order valence-electron chi connectivity index (χ1n) is 7.51. The van der Waals surface area contributed by atoms with Crippen LogP contribution in [0.25, 0.3) is 10.8 Å². The van der Waals surface area contributed by atoms with Gasteiger partial charge in [0.05, 0.1) is 10.9 Å². The highest BCUT2D eigenvalue weighted by molar-refractivity contribution is 8.15. The fourth-order valence-electron chi connectivity index (χ4n) is 2.60. The Morgan fingerprint density at radius 2 is 2.04 bits per heavy atom. The molecule has 1 N–H and O–H groups in total. The summed E-state index contributed by atoms with van der Waals surface area (Å²) >= 11 is 1.41. The third-order valence-electron chi connectivity index (χ3n) is 3.71. The summed E-state index contributed by atoms with van der Waals surface area (Å²) in [6.07, 6.45) is 2.13. The lowest BCUT2D eigenvalue weighted by molar-refractivity contribution is -0.126. The van der Waals surface area contributed by atoms with E-state index in [4.69, 9.17) is 10.1 Å². The molecule has 0 aromatic heterocycles. The monoisotopic (exact) mass is 326 g/mol. The van der Waals surface area contributed by atoms with Crippen molar-refractivity contribution in [1.29, 1.82) is 0 Å². The Labute approximate surface area is 139 Å². The van der Waals surface area contributed by atoms with Gasteiger partial charge in [0, 0.05) is 18.5 Å². The van der Waals surface area contributed by atoms with Gasteiger partial charge in [-0.15, -0.1) is 6.58 Å². The molecule has 0 spiro atoms. The van der Waals surface area contributed by atoms with Crippen molar-refractivity contribution in [3.05, 3.63) is 55.1 Å². The van der Waals surface area contributed by atoms with Crippen molar-refractivity contribution in [2.45, 2.75) is 11.7 Å². The highest BCUT2D eigenvalue weighted by atomic mass is 32.2. The van der Waals surface area contributed by atoms with Gasteiger partial charge < -0.3 is 5.11 Å². The van der Waals surface area contributed by atoms with E-state index in [1.807, 2.05) is 42.5 Å². The topological polar surface area (TPSA) is 52.9 Å². The second-order valence-electron chi connectivity index (χ2n) is 5.25. The molecule has 4 nitrogen and oxygen atoms in total. The lowest BCUT2D eigenvalue weighted by Crippen LogP contribution is -2.32. The van der Waals surface area contributed by atoms with E-state index in [1.54, 1.807) is 11.0 Å². The lowest BCUT2D eigenvalue weighted by atomic mass is 10.1. The minimum Gasteiger partial charge on any atom is -0.396 e. The summed E-state index contributed by atoms with van der Waals surface area (Å²) < 4.78 is 0. The molecule has 1 aliphatic heterocycles. The van der Waals surface area contributed by atoms with Gasteiger partial charge in [-0.25, -0.2) is 4.99 Å². The molecule has 1 atom stereocenters. The van der Waals surface area contributed by atoms with E-state index in [0.29, 0.717) is 18.1 Å². The number of benzene rings is 2. The molecule has 1 fully saturated rings.